The SMILES string of the molecule is COc1cccc(NC(=S)Nc2c(C)nn(Cc3cccc4ccccc34)c2C)c1. The number of hydrogen-bond donors (Lipinski definition) is 2. The number of ether oxygens (including phenoxy) is 1. The first-order chi connectivity index (χ1) is 14.5. The summed E-state index contributed by atoms with van der Waals surface area (Å²) in [5.41, 5.74) is 4.97. The van der Waals surface area contributed by atoms with Crippen molar-refractivity contribution < 1.29 is 4.74 Å². The van der Waals surface area contributed by atoms with E-state index in [0.29, 0.717) is 11.7 Å². The second-order valence-corrected chi connectivity index (χ2v) is 7.56. The summed E-state index contributed by atoms with van der Waals surface area (Å²) < 4.78 is 7.29. The molecule has 0 aliphatic rings. The standard InChI is InChI=1S/C24H24N4OS/c1-16-23(26-24(30)25-20-11-7-12-21(14-20)29-3)17(2)28(27-16)15-19-10-6-9-18-8-4-5-13-22(18)19/h4-14H,15H2,1-3H3,(H2,25,26,30). The molecule has 1 aromatic heterocycles. The van der Waals surface area contributed by atoms with Gasteiger partial charge in [-0.1, -0.05) is 48.5 Å². The maximum absolute atomic E-state index is 5.52. The quantitative estimate of drug-likeness (QED) is 0.420. The number of aromatic nitrogens is 2. The topological polar surface area (TPSA) is 51.1 Å². The number of methoxy groups -OCH3 is 1. The van der Waals surface area contributed by atoms with E-state index in [-0.39, 0.29) is 0 Å². The molecule has 5 nitrogen and oxygen atoms in total. The smallest absolute Gasteiger partial charge is 0.175 e. The lowest BCUT2D eigenvalue weighted by Crippen LogP contribution is -2.20. The Morgan fingerprint density at radius 1 is 1.00 bits per heavy atom. The Morgan fingerprint density at radius 2 is 1.77 bits per heavy atom. The molecular weight excluding hydrogens is 392 g/mol. The number of hydrogen-bond acceptors (Lipinski definition) is 3. The fourth-order valence-electron chi connectivity index (χ4n) is 3.60. The van der Waals surface area contributed by atoms with E-state index in [1.165, 1.54) is 16.3 Å². The summed E-state index contributed by atoms with van der Waals surface area (Å²) in [6.07, 6.45) is 0. The Bertz CT molecular complexity index is 1210. The first-order valence-corrected chi connectivity index (χ1v) is 10.2. The fraction of sp³-hybridized carbons (Fsp3) is 0.167. The predicted octanol–water partition coefficient (Wildman–Crippen LogP) is 5.52. The molecule has 0 aliphatic carbocycles. The molecule has 3 aromatic carbocycles. The summed E-state index contributed by atoms with van der Waals surface area (Å²) >= 11 is 5.52. The van der Waals surface area contributed by atoms with Crippen LogP contribution in [0.2, 0.25) is 0 Å². The number of fused-ring (bicyclic) bond motifs is 1. The van der Waals surface area contributed by atoms with Gasteiger partial charge < -0.3 is 15.4 Å². The summed E-state index contributed by atoms with van der Waals surface area (Å²) in [7, 11) is 1.65. The first-order valence-electron chi connectivity index (χ1n) is 9.78. The van der Waals surface area contributed by atoms with E-state index in [1.807, 2.05) is 35.9 Å². The second-order valence-electron chi connectivity index (χ2n) is 7.15. The van der Waals surface area contributed by atoms with E-state index in [1.54, 1.807) is 7.11 Å². The predicted molar refractivity (Wildman–Crippen MR) is 128 cm³/mol. The zero-order valence-electron chi connectivity index (χ0n) is 17.3. The summed E-state index contributed by atoms with van der Waals surface area (Å²) in [6, 6.07) is 22.5. The zero-order chi connectivity index (χ0) is 21.1. The Labute approximate surface area is 181 Å². The number of thiocarbonyl (C=S) groups is 1. The highest BCUT2D eigenvalue weighted by Crippen LogP contribution is 2.24. The van der Waals surface area contributed by atoms with Crippen LogP contribution in [0.5, 0.6) is 5.75 Å². The Balaban J connectivity index is 1.54. The minimum absolute atomic E-state index is 0.513. The van der Waals surface area contributed by atoms with E-state index >= 15 is 0 Å². The van der Waals surface area contributed by atoms with Gasteiger partial charge in [-0.25, -0.2) is 0 Å². The van der Waals surface area contributed by atoms with Gasteiger partial charge in [-0.3, -0.25) is 4.68 Å². The van der Waals surface area contributed by atoms with Crippen molar-refractivity contribution in [3.8, 4) is 5.75 Å². The van der Waals surface area contributed by atoms with Gasteiger partial charge in [0.25, 0.3) is 0 Å². The monoisotopic (exact) mass is 416 g/mol. The van der Waals surface area contributed by atoms with Gasteiger partial charge in [-0.05, 0) is 54.5 Å². The van der Waals surface area contributed by atoms with Crippen molar-refractivity contribution in [3.63, 3.8) is 0 Å². The third kappa shape index (κ3) is 4.14. The Morgan fingerprint density at radius 3 is 2.60 bits per heavy atom. The van der Waals surface area contributed by atoms with Crippen LogP contribution in [0.3, 0.4) is 0 Å². The highest BCUT2D eigenvalue weighted by Gasteiger charge is 2.14. The number of anilines is 2. The normalized spacial score (nSPS) is 10.8. The molecule has 0 aliphatic heterocycles. The molecule has 4 aromatic rings. The van der Waals surface area contributed by atoms with Crippen molar-refractivity contribution in [2.45, 2.75) is 20.4 Å². The maximum Gasteiger partial charge on any atom is 0.175 e. The molecule has 0 radical (unpaired) electrons. The molecule has 2 N–H and O–H groups in total. The van der Waals surface area contributed by atoms with E-state index in [9.17, 15) is 0 Å². The van der Waals surface area contributed by atoms with Crippen LogP contribution >= 0.6 is 12.2 Å². The minimum Gasteiger partial charge on any atom is -0.497 e. The van der Waals surface area contributed by atoms with Crippen molar-refractivity contribution in [1.29, 1.82) is 0 Å². The molecule has 0 spiro atoms. The highest BCUT2D eigenvalue weighted by atomic mass is 32.1. The number of nitrogens with zero attached hydrogens (tertiary/aromatic N) is 2. The second kappa shape index (κ2) is 8.55. The molecule has 1 heterocycles. The van der Waals surface area contributed by atoms with Gasteiger partial charge >= 0.3 is 0 Å². The van der Waals surface area contributed by atoms with Crippen LogP contribution in [-0.4, -0.2) is 22.0 Å². The third-order valence-corrected chi connectivity index (χ3v) is 5.35. The molecule has 6 heteroatoms. The molecule has 0 saturated carbocycles. The van der Waals surface area contributed by atoms with Crippen molar-refractivity contribution in [3.05, 3.63) is 83.7 Å². The van der Waals surface area contributed by atoms with E-state index < -0.39 is 0 Å². The van der Waals surface area contributed by atoms with Gasteiger partial charge in [0, 0.05) is 11.8 Å². The van der Waals surface area contributed by atoms with Crippen LogP contribution in [0.15, 0.2) is 66.7 Å². The number of benzene rings is 3. The molecule has 0 amide bonds. The van der Waals surface area contributed by atoms with Crippen molar-refractivity contribution in [2.24, 2.45) is 0 Å². The molecule has 4 rings (SSSR count). The lowest BCUT2D eigenvalue weighted by molar-refractivity contribution is 0.415. The fourth-order valence-corrected chi connectivity index (χ4v) is 3.82. The molecule has 0 bridgehead atoms. The summed E-state index contributed by atoms with van der Waals surface area (Å²) in [5, 5.41) is 14.3. The van der Waals surface area contributed by atoms with Crippen LogP contribution in [0, 0.1) is 13.8 Å². The van der Waals surface area contributed by atoms with Gasteiger partial charge in [-0.15, -0.1) is 0 Å². The van der Waals surface area contributed by atoms with Crippen molar-refractivity contribution in [1.82, 2.24) is 9.78 Å². The summed E-state index contributed by atoms with van der Waals surface area (Å²) in [4.78, 5) is 0. The lowest BCUT2D eigenvalue weighted by atomic mass is 10.0. The zero-order valence-corrected chi connectivity index (χ0v) is 18.1. The van der Waals surface area contributed by atoms with Crippen LogP contribution < -0.4 is 15.4 Å². The minimum atomic E-state index is 0.513. The molecule has 0 unspecified atom stereocenters. The number of aryl methyl sites for hydroxylation is 1. The molecule has 30 heavy (non-hydrogen) atoms. The summed E-state index contributed by atoms with van der Waals surface area (Å²) in [5.74, 6) is 0.776. The van der Waals surface area contributed by atoms with E-state index in [2.05, 4.69) is 60.0 Å². The largest absolute Gasteiger partial charge is 0.497 e. The Hall–Kier alpha value is -3.38. The average molecular weight is 417 g/mol. The van der Waals surface area contributed by atoms with Crippen LogP contribution in [-0.2, 0) is 6.54 Å². The molecule has 152 valence electrons. The van der Waals surface area contributed by atoms with E-state index in [0.717, 1.165) is 28.5 Å². The van der Waals surface area contributed by atoms with Gasteiger partial charge in [-0.2, -0.15) is 5.10 Å². The number of rotatable bonds is 5. The van der Waals surface area contributed by atoms with Crippen molar-refractivity contribution >= 4 is 39.5 Å². The lowest BCUT2D eigenvalue weighted by Gasteiger charge is -2.12. The van der Waals surface area contributed by atoms with E-state index in [4.69, 9.17) is 22.1 Å². The van der Waals surface area contributed by atoms with Crippen LogP contribution in [0.1, 0.15) is 17.0 Å². The van der Waals surface area contributed by atoms with Gasteiger partial charge in [0.1, 0.15) is 5.75 Å². The van der Waals surface area contributed by atoms with Crippen molar-refractivity contribution in [2.75, 3.05) is 17.7 Å². The highest BCUT2D eigenvalue weighted by molar-refractivity contribution is 7.80. The molecule has 0 fully saturated rings. The summed E-state index contributed by atoms with van der Waals surface area (Å²) in [6.45, 7) is 4.75. The molecular formula is C24H24N4OS. The average Bonchev–Trinajstić information content (AvgIpc) is 3.01. The molecule has 0 saturated heterocycles. The maximum atomic E-state index is 5.52. The number of nitrogens with one attached hydrogen (secondary N) is 2. The third-order valence-electron chi connectivity index (χ3n) is 5.15. The molecule has 0 atom stereocenters. The van der Waals surface area contributed by atoms with Crippen LogP contribution in [0.25, 0.3) is 10.8 Å². The van der Waals surface area contributed by atoms with Gasteiger partial charge in [0.15, 0.2) is 5.11 Å². The first kappa shape index (κ1) is 19.9. The van der Waals surface area contributed by atoms with Crippen LogP contribution in [0.4, 0.5) is 11.4 Å². The van der Waals surface area contributed by atoms with Gasteiger partial charge in [0.2, 0.25) is 0 Å². The Kier molecular flexibility index (Phi) is 5.68. The van der Waals surface area contributed by atoms with Gasteiger partial charge in [0.05, 0.1) is 30.7 Å².